The Hall–Kier alpha value is -2.08. The van der Waals surface area contributed by atoms with Gasteiger partial charge in [0.05, 0.1) is 0 Å². The van der Waals surface area contributed by atoms with Crippen LogP contribution < -0.4 is 16.4 Å². The number of hydrogen-bond acceptors (Lipinski definition) is 3. The molecular formula is C23H37N5O. The van der Waals surface area contributed by atoms with Crippen molar-refractivity contribution < 1.29 is 4.79 Å². The number of amides is 1. The third-order valence-corrected chi connectivity index (χ3v) is 6.70. The third kappa shape index (κ3) is 5.95. The summed E-state index contributed by atoms with van der Waals surface area (Å²) in [5.74, 6) is 0.843. The first-order valence-electron chi connectivity index (χ1n) is 11.1. The van der Waals surface area contributed by atoms with Gasteiger partial charge in [-0.2, -0.15) is 0 Å². The number of guanidine groups is 1. The summed E-state index contributed by atoms with van der Waals surface area (Å²) in [6.07, 6.45) is 7.88. The zero-order valence-electron chi connectivity index (χ0n) is 17.8. The molecule has 160 valence electrons. The number of carbonyl (C=O) groups is 1. The summed E-state index contributed by atoms with van der Waals surface area (Å²) >= 11 is 0. The number of likely N-dealkylation sites (tertiary alicyclic amines) is 1. The molecule has 0 bridgehead atoms. The van der Waals surface area contributed by atoms with E-state index in [1.54, 1.807) is 0 Å². The molecule has 1 saturated carbocycles. The standard InChI is InChI=1S/C23H37N5O/c1-25-22(27-18-23(12-7-13-23)20-8-3-2-4-9-20)26-14-5-6-15-28-16-10-19(11-17-28)21(24)29/h2-4,8-9,19H,5-7,10-18H2,1H3,(H2,24,29)(H2,25,26,27). The number of unbranched alkanes of at least 4 members (excludes halogenated alkanes) is 1. The van der Waals surface area contributed by atoms with Crippen molar-refractivity contribution in [3.63, 3.8) is 0 Å². The molecule has 1 saturated heterocycles. The highest BCUT2D eigenvalue weighted by Crippen LogP contribution is 2.43. The van der Waals surface area contributed by atoms with Crippen LogP contribution in [0, 0.1) is 5.92 Å². The SMILES string of the molecule is CN=C(NCCCCN1CCC(C(N)=O)CC1)NCC1(c2ccccc2)CCC1. The molecular weight excluding hydrogens is 362 g/mol. The van der Waals surface area contributed by atoms with E-state index in [0.29, 0.717) is 0 Å². The molecule has 4 N–H and O–H groups in total. The number of piperidine rings is 1. The molecule has 1 amide bonds. The van der Waals surface area contributed by atoms with Crippen molar-refractivity contribution in [1.82, 2.24) is 15.5 Å². The van der Waals surface area contributed by atoms with Crippen LogP contribution in [0.1, 0.15) is 50.5 Å². The summed E-state index contributed by atoms with van der Waals surface area (Å²) in [6, 6.07) is 10.9. The predicted molar refractivity (Wildman–Crippen MR) is 119 cm³/mol. The second-order valence-corrected chi connectivity index (χ2v) is 8.58. The van der Waals surface area contributed by atoms with E-state index in [-0.39, 0.29) is 17.2 Å². The van der Waals surface area contributed by atoms with Gasteiger partial charge in [0.25, 0.3) is 0 Å². The van der Waals surface area contributed by atoms with Gasteiger partial charge in [0.2, 0.25) is 5.91 Å². The molecule has 1 heterocycles. The van der Waals surface area contributed by atoms with Crippen LogP contribution >= 0.6 is 0 Å². The van der Waals surface area contributed by atoms with Crippen molar-refractivity contribution >= 4 is 11.9 Å². The van der Waals surface area contributed by atoms with Gasteiger partial charge < -0.3 is 21.3 Å². The second-order valence-electron chi connectivity index (χ2n) is 8.58. The molecule has 1 aromatic rings. The highest BCUT2D eigenvalue weighted by atomic mass is 16.1. The lowest BCUT2D eigenvalue weighted by molar-refractivity contribution is -0.123. The van der Waals surface area contributed by atoms with Gasteiger partial charge in [-0.25, -0.2) is 0 Å². The van der Waals surface area contributed by atoms with Crippen LogP contribution in [0.5, 0.6) is 0 Å². The third-order valence-electron chi connectivity index (χ3n) is 6.70. The largest absolute Gasteiger partial charge is 0.369 e. The number of nitrogens with two attached hydrogens (primary N) is 1. The number of carbonyl (C=O) groups excluding carboxylic acids is 1. The summed E-state index contributed by atoms with van der Waals surface area (Å²) in [4.78, 5) is 18.1. The van der Waals surface area contributed by atoms with Crippen molar-refractivity contribution in [3.05, 3.63) is 35.9 Å². The highest BCUT2D eigenvalue weighted by Gasteiger charge is 2.38. The van der Waals surface area contributed by atoms with Crippen molar-refractivity contribution in [2.75, 3.05) is 39.8 Å². The minimum absolute atomic E-state index is 0.0807. The van der Waals surface area contributed by atoms with E-state index in [2.05, 4.69) is 50.9 Å². The summed E-state index contributed by atoms with van der Waals surface area (Å²) in [5.41, 5.74) is 7.11. The molecule has 2 aliphatic rings. The Bertz CT molecular complexity index is 663. The van der Waals surface area contributed by atoms with E-state index < -0.39 is 0 Å². The monoisotopic (exact) mass is 399 g/mol. The molecule has 1 aliphatic carbocycles. The van der Waals surface area contributed by atoms with E-state index >= 15 is 0 Å². The van der Waals surface area contributed by atoms with Gasteiger partial charge in [-0.1, -0.05) is 36.8 Å². The fourth-order valence-electron chi connectivity index (χ4n) is 4.54. The predicted octanol–water partition coefficient (Wildman–Crippen LogP) is 2.25. The van der Waals surface area contributed by atoms with Crippen LogP contribution in [0.15, 0.2) is 35.3 Å². The highest BCUT2D eigenvalue weighted by molar-refractivity contribution is 5.79. The Morgan fingerprint density at radius 3 is 2.48 bits per heavy atom. The van der Waals surface area contributed by atoms with Gasteiger partial charge in [0, 0.05) is 31.5 Å². The van der Waals surface area contributed by atoms with Crippen molar-refractivity contribution in [2.24, 2.45) is 16.6 Å². The Labute approximate surface area is 175 Å². The van der Waals surface area contributed by atoms with E-state index in [9.17, 15) is 4.79 Å². The molecule has 6 nitrogen and oxygen atoms in total. The zero-order chi connectivity index (χ0) is 20.5. The summed E-state index contributed by atoms with van der Waals surface area (Å²) in [7, 11) is 1.84. The summed E-state index contributed by atoms with van der Waals surface area (Å²) < 4.78 is 0. The molecule has 0 atom stereocenters. The lowest BCUT2D eigenvalue weighted by atomic mass is 9.64. The average molecular weight is 400 g/mol. The Morgan fingerprint density at radius 2 is 1.90 bits per heavy atom. The van der Waals surface area contributed by atoms with E-state index in [4.69, 9.17) is 5.73 Å². The van der Waals surface area contributed by atoms with Crippen molar-refractivity contribution in [1.29, 1.82) is 0 Å². The fourth-order valence-corrected chi connectivity index (χ4v) is 4.54. The van der Waals surface area contributed by atoms with Crippen LogP contribution in [-0.2, 0) is 10.2 Å². The van der Waals surface area contributed by atoms with Crippen LogP contribution in [-0.4, -0.2) is 56.5 Å². The first-order valence-corrected chi connectivity index (χ1v) is 11.1. The quantitative estimate of drug-likeness (QED) is 0.338. The van der Waals surface area contributed by atoms with Gasteiger partial charge in [0.15, 0.2) is 5.96 Å². The summed E-state index contributed by atoms with van der Waals surface area (Å²) in [5, 5.41) is 7.01. The molecule has 1 aliphatic heterocycles. The topological polar surface area (TPSA) is 82.8 Å². The number of primary amides is 1. The number of aliphatic imine (C=N–C) groups is 1. The first kappa shape index (κ1) is 21.6. The molecule has 29 heavy (non-hydrogen) atoms. The van der Waals surface area contributed by atoms with Gasteiger partial charge in [-0.15, -0.1) is 0 Å². The van der Waals surface area contributed by atoms with Crippen LogP contribution in [0.3, 0.4) is 0 Å². The molecule has 2 fully saturated rings. The van der Waals surface area contributed by atoms with Gasteiger partial charge >= 0.3 is 0 Å². The van der Waals surface area contributed by atoms with Crippen LogP contribution in [0.25, 0.3) is 0 Å². The molecule has 0 radical (unpaired) electrons. The number of benzene rings is 1. The Morgan fingerprint density at radius 1 is 1.17 bits per heavy atom. The molecule has 0 aromatic heterocycles. The van der Waals surface area contributed by atoms with Crippen molar-refractivity contribution in [2.45, 2.75) is 50.4 Å². The zero-order valence-corrected chi connectivity index (χ0v) is 17.8. The lowest BCUT2D eigenvalue weighted by Crippen LogP contribution is -2.49. The van der Waals surface area contributed by atoms with Crippen LogP contribution in [0.2, 0.25) is 0 Å². The van der Waals surface area contributed by atoms with Crippen LogP contribution in [0.4, 0.5) is 0 Å². The maximum atomic E-state index is 11.2. The minimum atomic E-state index is -0.135. The van der Waals surface area contributed by atoms with Gasteiger partial charge in [0.1, 0.15) is 0 Å². The Balaban J connectivity index is 1.31. The molecule has 1 aromatic carbocycles. The maximum Gasteiger partial charge on any atom is 0.220 e. The van der Waals surface area contributed by atoms with Gasteiger partial charge in [-0.05, 0) is 63.7 Å². The van der Waals surface area contributed by atoms with E-state index in [1.165, 1.54) is 24.8 Å². The smallest absolute Gasteiger partial charge is 0.220 e. The first-order chi connectivity index (χ1) is 14.1. The lowest BCUT2D eigenvalue weighted by Gasteiger charge is -2.43. The summed E-state index contributed by atoms with van der Waals surface area (Å²) in [6.45, 7) is 4.94. The molecule has 0 spiro atoms. The molecule has 0 unspecified atom stereocenters. The minimum Gasteiger partial charge on any atom is -0.369 e. The van der Waals surface area contributed by atoms with Crippen molar-refractivity contribution in [3.8, 4) is 0 Å². The number of hydrogen-bond donors (Lipinski definition) is 3. The number of rotatable bonds is 9. The average Bonchev–Trinajstić information content (AvgIpc) is 2.72. The molecule has 6 heteroatoms. The maximum absolute atomic E-state index is 11.2. The van der Waals surface area contributed by atoms with Gasteiger partial charge in [-0.3, -0.25) is 9.79 Å². The van der Waals surface area contributed by atoms with E-state index in [1.807, 2.05) is 7.05 Å². The number of nitrogens with one attached hydrogen (secondary N) is 2. The number of nitrogens with zero attached hydrogens (tertiary/aromatic N) is 2. The van der Waals surface area contributed by atoms with E-state index in [0.717, 1.165) is 64.4 Å². The Kier molecular flexibility index (Phi) is 7.92. The normalized spacial score (nSPS) is 20.1. The second kappa shape index (κ2) is 10.6. The molecule has 3 rings (SSSR count). The fraction of sp³-hybridized carbons (Fsp3) is 0.652.